The molecule has 5 nitrogen and oxygen atoms in total. The van der Waals surface area contributed by atoms with Crippen molar-refractivity contribution in [1.82, 2.24) is 9.80 Å². The van der Waals surface area contributed by atoms with Gasteiger partial charge in [0.05, 0.1) is 6.10 Å². The number of piperidine rings is 1. The third kappa shape index (κ3) is 3.00. The molecule has 1 amide bonds. The van der Waals surface area contributed by atoms with Crippen molar-refractivity contribution in [1.29, 1.82) is 0 Å². The predicted molar refractivity (Wildman–Crippen MR) is 77.4 cm³/mol. The highest BCUT2D eigenvalue weighted by atomic mass is 16.5. The molecule has 0 radical (unpaired) electrons. The molecule has 0 aromatic rings. The van der Waals surface area contributed by atoms with Crippen molar-refractivity contribution < 1.29 is 9.53 Å². The molecule has 0 aliphatic carbocycles. The number of carbonyl (C=O) groups excluding carboxylic acids is 1. The fourth-order valence-electron chi connectivity index (χ4n) is 3.79. The molecule has 3 atom stereocenters. The Morgan fingerprint density at radius 2 is 1.90 bits per heavy atom. The lowest BCUT2D eigenvalue weighted by Crippen LogP contribution is -2.43. The molecule has 3 aliphatic heterocycles. The minimum absolute atomic E-state index is 0.0874. The molecular formula is C15H27N3O2. The van der Waals surface area contributed by atoms with Crippen LogP contribution in [-0.4, -0.2) is 66.7 Å². The summed E-state index contributed by atoms with van der Waals surface area (Å²) in [5, 5.41) is 0. The highest BCUT2D eigenvalue weighted by Crippen LogP contribution is 2.25. The minimum atomic E-state index is -0.233. The lowest BCUT2D eigenvalue weighted by molar-refractivity contribution is -0.141. The molecule has 0 saturated carbocycles. The van der Waals surface area contributed by atoms with Crippen molar-refractivity contribution in [3.8, 4) is 0 Å². The second-order valence-corrected chi connectivity index (χ2v) is 6.38. The van der Waals surface area contributed by atoms with Gasteiger partial charge in [0.1, 0.15) is 6.10 Å². The van der Waals surface area contributed by atoms with Gasteiger partial charge in [0.2, 0.25) is 0 Å². The quantitative estimate of drug-likeness (QED) is 0.822. The predicted octanol–water partition coefficient (Wildman–Crippen LogP) is 0.580. The van der Waals surface area contributed by atoms with Crippen LogP contribution in [-0.2, 0) is 9.53 Å². The Morgan fingerprint density at radius 1 is 1.10 bits per heavy atom. The van der Waals surface area contributed by atoms with E-state index in [1.54, 1.807) is 0 Å². The lowest BCUT2D eigenvalue weighted by atomic mass is 10.1. The van der Waals surface area contributed by atoms with E-state index >= 15 is 0 Å². The van der Waals surface area contributed by atoms with Crippen molar-refractivity contribution in [3.05, 3.63) is 0 Å². The van der Waals surface area contributed by atoms with E-state index in [9.17, 15) is 4.79 Å². The average Bonchev–Trinajstić information content (AvgIpc) is 3.17. The maximum Gasteiger partial charge on any atom is 0.251 e. The van der Waals surface area contributed by atoms with E-state index in [1.807, 2.05) is 4.90 Å². The van der Waals surface area contributed by atoms with Crippen LogP contribution in [0.4, 0.5) is 0 Å². The highest BCUT2D eigenvalue weighted by molar-refractivity contribution is 5.81. The van der Waals surface area contributed by atoms with Gasteiger partial charge in [-0.05, 0) is 45.2 Å². The summed E-state index contributed by atoms with van der Waals surface area (Å²) in [7, 11) is 0. The first-order valence-corrected chi connectivity index (χ1v) is 8.16. The molecule has 3 heterocycles. The van der Waals surface area contributed by atoms with Gasteiger partial charge in [-0.3, -0.25) is 9.69 Å². The van der Waals surface area contributed by atoms with Crippen molar-refractivity contribution in [2.24, 2.45) is 5.73 Å². The standard InChI is InChI=1S/C15H27N3O2/c16-10-13-4-5-14(20-13)15(19)18-9-6-12(11-18)17-7-2-1-3-8-17/h12-14H,1-11,16H2/t12?,13-,14+/m1/s1. The number of carbonyl (C=O) groups is 1. The van der Waals surface area contributed by atoms with Crippen molar-refractivity contribution in [3.63, 3.8) is 0 Å². The van der Waals surface area contributed by atoms with Crippen LogP contribution in [0, 0.1) is 0 Å². The Balaban J connectivity index is 1.50. The number of hydrogen-bond acceptors (Lipinski definition) is 4. The van der Waals surface area contributed by atoms with E-state index in [0.29, 0.717) is 12.6 Å². The number of amides is 1. The normalized spacial score (nSPS) is 35.6. The van der Waals surface area contributed by atoms with E-state index in [0.717, 1.165) is 32.4 Å². The van der Waals surface area contributed by atoms with Gasteiger partial charge in [0.15, 0.2) is 0 Å². The molecule has 20 heavy (non-hydrogen) atoms. The molecule has 0 aromatic carbocycles. The minimum Gasteiger partial charge on any atom is -0.364 e. The summed E-state index contributed by atoms with van der Waals surface area (Å²) in [6.45, 7) is 4.74. The fraction of sp³-hybridized carbons (Fsp3) is 0.933. The average molecular weight is 281 g/mol. The first kappa shape index (κ1) is 14.3. The number of hydrogen-bond donors (Lipinski definition) is 1. The molecule has 114 valence electrons. The van der Waals surface area contributed by atoms with Gasteiger partial charge in [0.25, 0.3) is 5.91 Å². The van der Waals surface area contributed by atoms with Crippen LogP contribution in [0.15, 0.2) is 0 Å². The molecule has 1 unspecified atom stereocenters. The maximum absolute atomic E-state index is 12.5. The smallest absolute Gasteiger partial charge is 0.251 e. The summed E-state index contributed by atoms with van der Waals surface area (Å²) in [6, 6.07) is 0.575. The second-order valence-electron chi connectivity index (χ2n) is 6.38. The van der Waals surface area contributed by atoms with Gasteiger partial charge in [-0.25, -0.2) is 0 Å². The first-order chi connectivity index (χ1) is 9.78. The number of nitrogens with two attached hydrogens (primary N) is 1. The van der Waals surface area contributed by atoms with Gasteiger partial charge >= 0.3 is 0 Å². The van der Waals surface area contributed by atoms with Crippen molar-refractivity contribution in [2.75, 3.05) is 32.7 Å². The zero-order valence-electron chi connectivity index (χ0n) is 12.3. The summed E-state index contributed by atoms with van der Waals surface area (Å²) in [6.07, 6.45) is 6.74. The van der Waals surface area contributed by atoms with Gasteiger partial charge in [-0.1, -0.05) is 6.42 Å². The van der Waals surface area contributed by atoms with Crippen LogP contribution in [0.5, 0.6) is 0 Å². The molecule has 3 saturated heterocycles. The Labute approximate surface area is 121 Å². The molecule has 2 N–H and O–H groups in total. The Hall–Kier alpha value is -0.650. The molecule has 0 aromatic heterocycles. The SMILES string of the molecule is NC[C@H]1CC[C@@H](C(=O)N2CCC(N3CCCCC3)C2)O1. The van der Waals surface area contributed by atoms with Crippen LogP contribution in [0.25, 0.3) is 0 Å². The largest absolute Gasteiger partial charge is 0.364 e. The molecule has 3 aliphatic rings. The molecule has 5 heteroatoms. The third-order valence-electron chi connectivity index (χ3n) is 5.03. The Kier molecular flexibility index (Phi) is 4.58. The van der Waals surface area contributed by atoms with Crippen molar-refractivity contribution in [2.45, 2.75) is 56.8 Å². The second kappa shape index (κ2) is 6.41. The highest BCUT2D eigenvalue weighted by Gasteiger charge is 2.37. The summed E-state index contributed by atoms with van der Waals surface area (Å²) in [5.41, 5.74) is 5.61. The van der Waals surface area contributed by atoms with Gasteiger partial charge in [-0.15, -0.1) is 0 Å². The molecule has 0 bridgehead atoms. The maximum atomic E-state index is 12.5. The number of likely N-dealkylation sites (tertiary alicyclic amines) is 2. The Bertz CT molecular complexity index is 344. The van der Waals surface area contributed by atoms with Gasteiger partial charge < -0.3 is 15.4 Å². The van der Waals surface area contributed by atoms with E-state index in [1.165, 1.54) is 32.4 Å². The monoisotopic (exact) mass is 281 g/mol. The molecule has 0 spiro atoms. The molecular weight excluding hydrogens is 254 g/mol. The van der Waals surface area contributed by atoms with E-state index in [2.05, 4.69) is 4.90 Å². The molecule has 3 rings (SSSR count). The van der Waals surface area contributed by atoms with Crippen molar-refractivity contribution >= 4 is 5.91 Å². The van der Waals surface area contributed by atoms with Gasteiger partial charge in [-0.2, -0.15) is 0 Å². The van der Waals surface area contributed by atoms with Crippen LogP contribution in [0.1, 0.15) is 38.5 Å². The summed E-state index contributed by atoms with van der Waals surface area (Å²) in [5.74, 6) is 0.195. The summed E-state index contributed by atoms with van der Waals surface area (Å²) >= 11 is 0. The Morgan fingerprint density at radius 3 is 2.60 bits per heavy atom. The number of nitrogens with zero attached hydrogens (tertiary/aromatic N) is 2. The summed E-state index contributed by atoms with van der Waals surface area (Å²) < 4.78 is 5.74. The number of ether oxygens (including phenoxy) is 1. The lowest BCUT2D eigenvalue weighted by Gasteiger charge is -2.32. The zero-order valence-corrected chi connectivity index (χ0v) is 12.3. The van der Waals surface area contributed by atoms with Crippen LogP contribution in [0.2, 0.25) is 0 Å². The van der Waals surface area contributed by atoms with Gasteiger partial charge in [0, 0.05) is 25.7 Å². The zero-order chi connectivity index (χ0) is 13.9. The fourth-order valence-corrected chi connectivity index (χ4v) is 3.79. The third-order valence-corrected chi connectivity index (χ3v) is 5.03. The summed E-state index contributed by atoms with van der Waals surface area (Å²) in [4.78, 5) is 17.1. The van der Waals surface area contributed by atoms with E-state index in [-0.39, 0.29) is 18.1 Å². The van der Waals surface area contributed by atoms with E-state index < -0.39 is 0 Å². The van der Waals surface area contributed by atoms with Crippen LogP contribution in [0.3, 0.4) is 0 Å². The number of rotatable bonds is 3. The first-order valence-electron chi connectivity index (χ1n) is 8.16. The van der Waals surface area contributed by atoms with E-state index in [4.69, 9.17) is 10.5 Å². The molecule has 3 fully saturated rings. The van der Waals surface area contributed by atoms with Crippen LogP contribution >= 0.6 is 0 Å². The topological polar surface area (TPSA) is 58.8 Å². The van der Waals surface area contributed by atoms with Crippen LogP contribution < -0.4 is 5.73 Å².